The molecule has 4 rings (SSSR count). The number of allylic oxidation sites excluding steroid dienone is 1. The number of rotatable bonds is 1. The first-order valence-electron chi connectivity index (χ1n) is 8.51. The van der Waals surface area contributed by atoms with Crippen molar-refractivity contribution < 1.29 is 9.53 Å². The molecule has 0 spiro atoms. The standard InChI is InChI=1S/C20H24O2/c1-20(2)11-16(21)19-15-9-8-14(13-6-4-3-5-7-13)10-17(15)22-18(19)12-20/h3-7,14-15,17H,8-12H2,1-2H3. The number of hydrogen-bond donors (Lipinski definition) is 0. The second-order valence-corrected chi connectivity index (χ2v) is 7.96. The summed E-state index contributed by atoms with van der Waals surface area (Å²) in [4.78, 5) is 12.6. The van der Waals surface area contributed by atoms with Gasteiger partial charge >= 0.3 is 0 Å². The lowest BCUT2D eigenvalue weighted by Gasteiger charge is -2.32. The molecule has 2 nitrogen and oxygen atoms in total. The highest BCUT2D eigenvalue weighted by molar-refractivity contribution is 5.98. The SMILES string of the molecule is CC1(C)CC(=O)C2=C(C1)OC1CC(c3ccccc3)CCC21. The van der Waals surface area contributed by atoms with Gasteiger partial charge in [0.15, 0.2) is 5.78 Å². The van der Waals surface area contributed by atoms with Gasteiger partial charge in [0.2, 0.25) is 0 Å². The van der Waals surface area contributed by atoms with Crippen LogP contribution in [0, 0.1) is 11.3 Å². The van der Waals surface area contributed by atoms with Crippen LogP contribution in [0.5, 0.6) is 0 Å². The molecule has 3 atom stereocenters. The Balaban J connectivity index is 1.55. The van der Waals surface area contributed by atoms with E-state index in [0.29, 0.717) is 24.0 Å². The first kappa shape index (κ1) is 14.0. The lowest BCUT2D eigenvalue weighted by Crippen LogP contribution is -2.30. The number of carbonyl (C=O) groups excluding carboxylic acids is 1. The van der Waals surface area contributed by atoms with Crippen molar-refractivity contribution in [2.24, 2.45) is 11.3 Å². The zero-order valence-electron chi connectivity index (χ0n) is 13.5. The quantitative estimate of drug-likeness (QED) is 0.756. The van der Waals surface area contributed by atoms with Crippen LogP contribution >= 0.6 is 0 Å². The predicted octanol–water partition coefficient (Wildman–Crippen LogP) is 4.61. The second kappa shape index (κ2) is 4.97. The Morgan fingerprint density at radius 3 is 2.64 bits per heavy atom. The van der Waals surface area contributed by atoms with Gasteiger partial charge in [0.25, 0.3) is 0 Å². The molecule has 1 fully saturated rings. The summed E-state index contributed by atoms with van der Waals surface area (Å²) in [5.74, 6) is 2.30. The van der Waals surface area contributed by atoms with E-state index in [1.54, 1.807) is 0 Å². The third-order valence-electron chi connectivity index (χ3n) is 5.61. The highest BCUT2D eigenvalue weighted by atomic mass is 16.5. The summed E-state index contributed by atoms with van der Waals surface area (Å²) in [5.41, 5.74) is 2.53. The van der Waals surface area contributed by atoms with E-state index in [4.69, 9.17) is 4.74 Å². The van der Waals surface area contributed by atoms with Crippen LogP contribution in [0.15, 0.2) is 41.7 Å². The van der Waals surface area contributed by atoms with Crippen molar-refractivity contribution in [1.82, 2.24) is 0 Å². The number of fused-ring (bicyclic) bond motifs is 2. The highest BCUT2D eigenvalue weighted by Gasteiger charge is 2.47. The third kappa shape index (κ3) is 2.29. The molecule has 1 aromatic carbocycles. The summed E-state index contributed by atoms with van der Waals surface area (Å²) >= 11 is 0. The lowest BCUT2D eigenvalue weighted by atomic mass is 9.70. The molecule has 0 N–H and O–H groups in total. The van der Waals surface area contributed by atoms with Gasteiger partial charge in [-0.25, -0.2) is 0 Å². The zero-order valence-corrected chi connectivity index (χ0v) is 13.5. The normalized spacial score (nSPS) is 33.2. The fourth-order valence-electron chi connectivity index (χ4n) is 4.60. The summed E-state index contributed by atoms with van der Waals surface area (Å²) in [6.07, 6.45) is 5.14. The van der Waals surface area contributed by atoms with Gasteiger partial charge in [-0.2, -0.15) is 0 Å². The van der Waals surface area contributed by atoms with Gasteiger partial charge in [-0.1, -0.05) is 44.2 Å². The molecule has 116 valence electrons. The average Bonchev–Trinajstić information content (AvgIpc) is 2.83. The van der Waals surface area contributed by atoms with Crippen LogP contribution in [0.2, 0.25) is 0 Å². The van der Waals surface area contributed by atoms with Crippen molar-refractivity contribution in [2.45, 2.75) is 58.0 Å². The molecule has 0 amide bonds. The molecule has 22 heavy (non-hydrogen) atoms. The van der Waals surface area contributed by atoms with Crippen molar-refractivity contribution >= 4 is 5.78 Å². The van der Waals surface area contributed by atoms with E-state index < -0.39 is 0 Å². The summed E-state index contributed by atoms with van der Waals surface area (Å²) in [5, 5.41) is 0. The van der Waals surface area contributed by atoms with E-state index in [2.05, 4.69) is 44.2 Å². The fourth-order valence-corrected chi connectivity index (χ4v) is 4.60. The first-order chi connectivity index (χ1) is 10.5. The predicted molar refractivity (Wildman–Crippen MR) is 86.4 cm³/mol. The molecule has 2 aliphatic carbocycles. The molecule has 1 heterocycles. The Labute approximate surface area is 132 Å². The molecule has 0 bridgehead atoms. The van der Waals surface area contributed by atoms with Crippen molar-refractivity contribution in [3.8, 4) is 0 Å². The molecule has 3 unspecified atom stereocenters. The van der Waals surface area contributed by atoms with Crippen LogP contribution < -0.4 is 0 Å². The summed E-state index contributed by atoms with van der Waals surface area (Å²) in [6, 6.07) is 10.8. The highest BCUT2D eigenvalue weighted by Crippen LogP contribution is 2.51. The maximum atomic E-state index is 12.6. The van der Waals surface area contributed by atoms with Crippen LogP contribution in [0.3, 0.4) is 0 Å². The minimum atomic E-state index is 0.0578. The van der Waals surface area contributed by atoms with E-state index in [1.165, 1.54) is 12.0 Å². The number of Topliss-reactive ketones (excluding diaryl/α,β-unsaturated/α-hetero) is 1. The third-order valence-corrected chi connectivity index (χ3v) is 5.61. The molecular weight excluding hydrogens is 272 g/mol. The topological polar surface area (TPSA) is 26.3 Å². The first-order valence-corrected chi connectivity index (χ1v) is 8.51. The van der Waals surface area contributed by atoms with Gasteiger partial charge in [-0.15, -0.1) is 0 Å². The molecule has 0 saturated heterocycles. The number of benzene rings is 1. The van der Waals surface area contributed by atoms with E-state index in [0.717, 1.165) is 30.6 Å². The van der Waals surface area contributed by atoms with Crippen LogP contribution in [0.25, 0.3) is 0 Å². The monoisotopic (exact) mass is 296 g/mol. The summed E-state index contributed by atoms with van der Waals surface area (Å²) < 4.78 is 6.29. The van der Waals surface area contributed by atoms with Gasteiger partial charge in [0, 0.05) is 24.3 Å². The maximum absolute atomic E-state index is 12.6. The Bertz CT molecular complexity index is 626. The number of carbonyl (C=O) groups is 1. The Hall–Kier alpha value is -1.57. The molecule has 2 heteroatoms. The van der Waals surface area contributed by atoms with Crippen molar-refractivity contribution in [3.05, 3.63) is 47.2 Å². The fraction of sp³-hybridized carbons (Fsp3) is 0.550. The number of hydrogen-bond acceptors (Lipinski definition) is 2. The van der Waals surface area contributed by atoms with Gasteiger partial charge < -0.3 is 4.74 Å². The summed E-state index contributed by atoms with van der Waals surface area (Å²) in [7, 11) is 0. The summed E-state index contributed by atoms with van der Waals surface area (Å²) in [6.45, 7) is 4.35. The Morgan fingerprint density at radius 1 is 1.09 bits per heavy atom. The van der Waals surface area contributed by atoms with E-state index >= 15 is 0 Å². The molecule has 1 aromatic rings. The second-order valence-electron chi connectivity index (χ2n) is 7.96. The molecule has 1 saturated carbocycles. The Kier molecular flexibility index (Phi) is 3.18. The van der Waals surface area contributed by atoms with Crippen molar-refractivity contribution in [2.75, 3.05) is 0 Å². The van der Waals surface area contributed by atoms with Crippen LogP contribution in [0.1, 0.15) is 57.4 Å². The molecule has 0 radical (unpaired) electrons. The molecular formula is C20H24O2. The van der Waals surface area contributed by atoms with E-state index in [9.17, 15) is 4.79 Å². The number of ketones is 1. The van der Waals surface area contributed by atoms with Crippen LogP contribution in [0.4, 0.5) is 0 Å². The van der Waals surface area contributed by atoms with Gasteiger partial charge in [-0.05, 0) is 36.2 Å². The van der Waals surface area contributed by atoms with E-state index in [1.807, 2.05) is 0 Å². The zero-order chi connectivity index (χ0) is 15.3. The number of ether oxygens (including phenoxy) is 1. The Morgan fingerprint density at radius 2 is 1.86 bits per heavy atom. The van der Waals surface area contributed by atoms with Gasteiger partial charge in [0.05, 0.1) is 0 Å². The van der Waals surface area contributed by atoms with Crippen LogP contribution in [-0.2, 0) is 9.53 Å². The van der Waals surface area contributed by atoms with E-state index in [-0.39, 0.29) is 11.5 Å². The minimum absolute atomic E-state index is 0.0578. The largest absolute Gasteiger partial charge is 0.494 e. The molecule has 1 aliphatic heterocycles. The smallest absolute Gasteiger partial charge is 0.163 e. The molecule has 3 aliphatic rings. The van der Waals surface area contributed by atoms with Gasteiger partial charge in [-0.3, -0.25) is 4.79 Å². The van der Waals surface area contributed by atoms with Crippen LogP contribution in [-0.4, -0.2) is 11.9 Å². The maximum Gasteiger partial charge on any atom is 0.163 e. The molecule has 0 aromatic heterocycles. The van der Waals surface area contributed by atoms with Crippen molar-refractivity contribution in [1.29, 1.82) is 0 Å². The van der Waals surface area contributed by atoms with Crippen molar-refractivity contribution in [3.63, 3.8) is 0 Å². The average molecular weight is 296 g/mol. The lowest BCUT2D eigenvalue weighted by molar-refractivity contribution is -0.118. The minimum Gasteiger partial charge on any atom is -0.494 e. The van der Waals surface area contributed by atoms with Gasteiger partial charge in [0.1, 0.15) is 11.9 Å².